The monoisotopic (exact) mass is 346 g/mol. The topological polar surface area (TPSA) is 0 Å². The summed E-state index contributed by atoms with van der Waals surface area (Å²) in [5, 5.41) is -2.89. The third-order valence-electron chi connectivity index (χ3n) is 1.43. The lowest BCUT2D eigenvalue weighted by Gasteiger charge is -2.28. The fourth-order valence-electron chi connectivity index (χ4n) is 0.729. The zero-order valence-corrected chi connectivity index (χ0v) is 11.1. The van der Waals surface area contributed by atoms with Gasteiger partial charge in [0, 0.05) is 0 Å². The Kier molecular flexibility index (Phi) is 3.89. The first-order valence-corrected chi connectivity index (χ1v) is 5.73. The molecule has 1 aliphatic carbocycles. The summed E-state index contributed by atoms with van der Waals surface area (Å²) in [5.41, 5.74) is 0. The molecule has 0 saturated heterocycles. The van der Waals surface area contributed by atoms with Gasteiger partial charge in [0.2, 0.25) is 5.13 Å². The van der Waals surface area contributed by atoms with Crippen LogP contribution in [0.2, 0.25) is 0 Å². The maximum absolute atomic E-state index is 13.6. The second kappa shape index (κ2) is 4.07. The first-order valence-electron chi connectivity index (χ1n) is 2.93. The van der Waals surface area contributed by atoms with Crippen LogP contribution < -0.4 is 0 Å². The van der Waals surface area contributed by atoms with Crippen molar-refractivity contribution in [2.24, 2.45) is 0 Å². The van der Waals surface area contributed by atoms with Crippen molar-refractivity contribution in [2.75, 3.05) is 0 Å². The quantitative estimate of drug-likeness (QED) is 0.537. The summed E-state index contributed by atoms with van der Waals surface area (Å²) >= 11 is 30.8. The predicted molar refractivity (Wildman–Crippen MR) is 59.9 cm³/mol. The van der Waals surface area contributed by atoms with Crippen LogP contribution in [0.5, 0.6) is 0 Å². The minimum Gasteiger partial charge on any atom is -0.218 e. The molecule has 1 aliphatic rings. The molecule has 0 saturated carbocycles. The van der Waals surface area contributed by atoms with E-state index >= 15 is 0 Å². The fourth-order valence-corrected chi connectivity index (χ4v) is 2.75. The van der Waals surface area contributed by atoms with E-state index in [4.69, 9.17) is 58.0 Å². The van der Waals surface area contributed by atoms with E-state index in [2.05, 4.69) is 15.9 Å². The predicted octanol–water partition coefficient (Wildman–Crippen LogP) is 5.05. The molecule has 0 fully saturated rings. The van der Waals surface area contributed by atoms with Crippen LogP contribution in [0, 0.1) is 0 Å². The van der Waals surface area contributed by atoms with Crippen molar-refractivity contribution in [2.45, 2.75) is 9.96 Å². The lowest BCUT2D eigenvalue weighted by Crippen LogP contribution is -2.32. The van der Waals surface area contributed by atoms with Crippen molar-refractivity contribution >= 4 is 73.9 Å². The van der Waals surface area contributed by atoms with Crippen LogP contribution in [0.25, 0.3) is 0 Å². The van der Waals surface area contributed by atoms with Gasteiger partial charge in [-0.25, -0.2) is 4.39 Å². The first-order chi connectivity index (χ1) is 5.80. The van der Waals surface area contributed by atoms with E-state index < -0.39 is 9.96 Å². The van der Waals surface area contributed by atoms with Gasteiger partial charge in [0.25, 0.3) is 0 Å². The van der Waals surface area contributed by atoms with E-state index in [1.54, 1.807) is 0 Å². The zero-order valence-electron chi connectivity index (χ0n) is 5.72. The molecule has 0 aromatic rings. The molecule has 0 spiro atoms. The molecule has 2 unspecified atom stereocenters. The minimum atomic E-state index is -2.35. The second-order valence-electron chi connectivity index (χ2n) is 2.28. The van der Waals surface area contributed by atoms with Crippen molar-refractivity contribution < 1.29 is 4.39 Å². The number of allylic oxidation sites excluding steroid dienone is 4. The molecule has 0 bridgehead atoms. The number of hydrogen-bond donors (Lipinski definition) is 0. The largest absolute Gasteiger partial charge is 0.237 e. The average Bonchev–Trinajstić information content (AvgIpc) is 2.09. The summed E-state index contributed by atoms with van der Waals surface area (Å²) in [5.74, 6) is 0. The molecule has 0 nitrogen and oxygen atoms in total. The Bertz CT molecular complexity index is 308. The number of halogens is 7. The SMILES string of the molecule is FC1(Cl)C(Cl)=C(Cl)C(Cl)=C(Cl)C1Br. The summed E-state index contributed by atoms with van der Waals surface area (Å²) in [6.07, 6.45) is 0. The molecule has 0 aromatic heterocycles. The smallest absolute Gasteiger partial charge is 0.218 e. The highest BCUT2D eigenvalue weighted by molar-refractivity contribution is 9.09. The molecular weight excluding hydrogens is 348 g/mol. The van der Waals surface area contributed by atoms with Crippen LogP contribution in [0.4, 0.5) is 4.39 Å². The molecule has 1 rings (SSSR count). The van der Waals surface area contributed by atoms with Gasteiger partial charge in [0.05, 0.1) is 20.1 Å². The van der Waals surface area contributed by atoms with Gasteiger partial charge < -0.3 is 0 Å². The molecule has 7 heteroatoms. The molecule has 74 valence electrons. The van der Waals surface area contributed by atoms with E-state index in [1.165, 1.54) is 0 Å². The third-order valence-corrected chi connectivity index (χ3v) is 5.48. The molecule has 0 aliphatic heterocycles. The highest BCUT2D eigenvalue weighted by Crippen LogP contribution is 2.51. The van der Waals surface area contributed by atoms with Crippen molar-refractivity contribution in [3.63, 3.8) is 0 Å². The van der Waals surface area contributed by atoms with Crippen molar-refractivity contribution in [3.8, 4) is 0 Å². The number of rotatable bonds is 0. The summed E-state index contributed by atoms with van der Waals surface area (Å²) in [6, 6.07) is 0. The van der Waals surface area contributed by atoms with E-state index in [0.29, 0.717) is 0 Å². The summed E-state index contributed by atoms with van der Waals surface area (Å²) in [4.78, 5) is -0.995. The van der Waals surface area contributed by atoms with Crippen LogP contribution in [0.15, 0.2) is 20.1 Å². The lowest BCUT2D eigenvalue weighted by molar-refractivity contribution is 0.347. The lowest BCUT2D eigenvalue weighted by atomic mass is 10.1. The average molecular weight is 349 g/mol. The molecule has 0 amide bonds. The Morgan fingerprint density at radius 3 is 2.08 bits per heavy atom. The van der Waals surface area contributed by atoms with Gasteiger partial charge in [-0.3, -0.25) is 0 Å². The van der Waals surface area contributed by atoms with Crippen LogP contribution in [-0.4, -0.2) is 9.96 Å². The van der Waals surface area contributed by atoms with Gasteiger partial charge >= 0.3 is 0 Å². The zero-order chi connectivity index (χ0) is 10.4. The third kappa shape index (κ3) is 1.99. The second-order valence-corrected chi connectivity index (χ2v) is 5.28. The van der Waals surface area contributed by atoms with Crippen LogP contribution >= 0.6 is 73.9 Å². The van der Waals surface area contributed by atoms with Gasteiger partial charge in [0.1, 0.15) is 4.83 Å². The van der Waals surface area contributed by atoms with E-state index in [9.17, 15) is 4.39 Å². The van der Waals surface area contributed by atoms with Crippen LogP contribution in [0.1, 0.15) is 0 Å². The molecular formula is C6HBrCl5F. The van der Waals surface area contributed by atoms with Gasteiger partial charge in [-0.1, -0.05) is 73.9 Å². The molecule has 0 N–H and O–H groups in total. The number of hydrogen-bond acceptors (Lipinski definition) is 0. The molecule has 2 atom stereocenters. The van der Waals surface area contributed by atoms with Gasteiger partial charge in [-0.2, -0.15) is 0 Å². The van der Waals surface area contributed by atoms with Crippen LogP contribution in [-0.2, 0) is 0 Å². The Hall–Kier alpha value is 1.34. The normalized spacial score (nSPS) is 35.8. The van der Waals surface area contributed by atoms with Gasteiger partial charge in [0.15, 0.2) is 0 Å². The summed E-state index contributed by atoms with van der Waals surface area (Å²) < 4.78 is 13.6. The van der Waals surface area contributed by atoms with Crippen molar-refractivity contribution in [3.05, 3.63) is 20.1 Å². The Morgan fingerprint density at radius 2 is 1.62 bits per heavy atom. The van der Waals surface area contributed by atoms with Gasteiger partial charge in [-0.15, -0.1) is 0 Å². The Morgan fingerprint density at radius 1 is 1.15 bits per heavy atom. The Labute approximate surface area is 108 Å². The Balaban J connectivity index is 3.32. The molecule has 0 radical (unpaired) electrons. The van der Waals surface area contributed by atoms with Crippen LogP contribution in [0.3, 0.4) is 0 Å². The fraction of sp³-hybridized carbons (Fsp3) is 0.333. The van der Waals surface area contributed by atoms with E-state index in [-0.39, 0.29) is 20.1 Å². The highest BCUT2D eigenvalue weighted by atomic mass is 79.9. The molecule has 0 heterocycles. The summed E-state index contributed by atoms with van der Waals surface area (Å²) in [7, 11) is 0. The number of alkyl halides is 3. The maximum atomic E-state index is 13.6. The highest BCUT2D eigenvalue weighted by Gasteiger charge is 2.46. The standard InChI is InChI=1S/C6HBrCl5F/c7-4-2(9)1(8)3(10)5(11)6(4,12)13/h4H. The summed E-state index contributed by atoms with van der Waals surface area (Å²) in [6.45, 7) is 0. The van der Waals surface area contributed by atoms with Crippen molar-refractivity contribution in [1.82, 2.24) is 0 Å². The first kappa shape index (κ1) is 12.4. The van der Waals surface area contributed by atoms with E-state index in [0.717, 1.165) is 0 Å². The molecule has 0 aromatic carbocycles. The van der Waals surface area contributed by atoms with Crippen molar-refractivity contribution in [1.29, 1.82) is 0 Å². The van der Waals surface area contributed by atoms with E-state index in [1.807, 2.05) is 0 Å². The van der Waals surface area contributed by atoms with Gasteiger partial charge in [-0.05, 0) is 0 Å². The molecule has 13 heavy (non-hydrogen) atoms. The minimum absolute atomic E-state index is 0.00383. The maximum Gasteiger partial charge on any atom is 0.237 e.